The van der Waals surface area contributed by atoms with Crippen LogP contribution < -0.4 is 10.6 Å². The number of hydrogen-bond donors (Lipinski definition) is 3. The first-order valence-corrected chi connectivity index (χ1v) is 9.01. The molecule has 138 valence electrons. The van der Waals surface area contributed by atoms with Crippen LogP contribution in [0.1, 0.15) is 17.3 Å². The van der Waals surface area contributed by atoms with Crippen molar-refractivity contribution in [2.45, 2.75) is 11.8 Å². The predicted octanol–water partition coefficient (Wildman–Crippen LogP) is 2.59. The molecule has 27 heavy (non-hydrogen) atoms. The molecule has 8 nitrogen and oxygen atoms in total. The van der Waals surface area contributed by atoms with E-state index in [0.717, 1.165) is 6.20 Å². The molecule has 2 aromatic rings. The molecular formula is C18H15N3O5S. The van der Waals surface area contributed by atoms with Crippen LogP contribution in [0.15, 0.2) is 65.2 Å². The summed E-state index contributed by atoms with van der Waals surface area (Å²) in [6.45, 7) is 1.40. The summed E-state index contributed by atoms with van der Waals surface area (Å²) in [5.41, 5.74) is 0.960. The van der Waals surface area contributed by atoms with Crippen LogP contribution in [0.4, 0.5) is 11.4 Å². The van der Waals surface area contributed by atoms with Crippen molar-refractivity contribution in [3.05, 3.63) is 65.9 Å². The minimum Gasteiger partial charge on any atom is -0.360 e. The summed E-state index contributed by atoms with van der Waals surface area (Å²) in [5.74, 6) is -0.836. The van der Waals surface area contributed by atoms with Gasteiger partial charge in [0.2, 0.25) is 0 Å². The third-order valence-corrected chi connectivity index (χ3v) is 4.30. The summed E-state index contributed by atoms with van der Waals surface area (Å²) in [5, 5.41) is 14.4. The highest BCUT2D eigenvalue weighted by molar-refractivity contribution is 7.85. The topological polar surface area (TPSA) is 136 Å². The van der Waals surface area contributed by atoms with Gasteiger partial charge in [-0.15, -0.1) is 0 Å². The largest absolute Gasteiger partial charge is 0.360 e. The van der Waals surface area contributed by atoms with Gasteiger partial charge in [0.15, 0.2) is 5.78 Å². The number of amides is 1. The number of hydrogen-bond acceptors (Lipinski definition) is 6. The maximum absolute atomic E-state index is 12.2. The van der Waals surface area contributed by atoms with Crippen molar-refractivity contribution in [2.24, 2.45) is 0 Å². The fourth-order valence-electron chi connectivity index (χ4n) is 2.04. The van der Waals surface area contributed by atoms with Crippen LogP contribution in [-0.2, 0) is 14.9 Å². The van der Waals surface area contributed by atoms with Crippen LogP contribution in [0.2, 0.25) is 0 Å². The van der Waals surface area contributed by atoms with E-state index in [4.69, 9.17) is 9.81 Å². The smallest absolute Gasteiger partial charge is 0.294 e. The second kappa shape index (κ2) is 8.27. The van der Waals surface area contributed by atoms with E-state index in [1.165, 1.54) is 37.3 Å². The van der Waals surface area contributed by atoms with E-state index in [-0.39, 0.29) is 16.3 Å². The number of nitriles is 1. The van der Waals surface area contributed by atoms with Gasteiger partial charge in [0.1, 0.15) is 11.6 Å². The molecule has 9 heteroatoms. The standard InChI is InChI=1S/C18H15N3O5S/c1-12(22)13-3-2-4-16(9-13)21-18(23)14(10-19)11-20-15-5-7-17(8-6-15)27(24,25)26/h2-9,11,20H,1H3,(H,21,23)(H,24,25,26)/b14-11-. The van der Waals surface area contributed by atoms with E-state index in [1.54, 1.807) is 24.3 Å². The average molecular weight is 385 g/mol. The molecule has 0 unspecified atom stereocenters. The van der Waals surface area contributed by atoms with Crippen molar-refractivity contribution in [2.75, 3.05) is 10.6 Å². The highest BCUT2D eigenvalue weighted by Gasteiger charge is 2.11. The maximum Gasteiger partial charge on any atom is 0.294 e. The van der Waals surface area contributed by atoms with Gasteiger partial charge in [-0.2, -0.15) is 13.7 Å². The second-order valence-electron chi connectivity index (χ2n) is 5.40. The normalized spacial score (nSPS) is 11.4. The molecule has 2 rings (SSSR count). The zero-order valence-electron chi connectivity index (χ0n) is 14.1. The zero-order chi connectivity index (χ0) is 20.0. The molecule has 0 bridgehead atoms. The Morgan fingerprint density at radius 1 is 1.11 bits per heavy atom. The molecule has 0 atom stereocenters. The second-order valence-corrected chi connectivity index (χ2v) is 6.83. The number of ketones is 1. The van der Waals surface area contributed by atoms with Gasteiger partial charge in [0.05, 0.1) is 4.90 Å². The van der Waals surface area contributed by atoms with E-state index in [1.807, 2.05) is 0 Å². The molecule has 0 spiro atoms. The average Bonchev–Trinajstić information content (AvgIpc) is 2.62. The Kier molecular flexibility index (Phi) is 6.07. The molecule has 2 aromatic carbocycles. The highest BCUT2D eigenvalue weighted by Crippen LogP contribution is 2.15. The van der Waals surface area contributed by atoms with E-state index in [2.05, 4.69) is 10.6 Å². The number of nitrogens with zero attached hydrogens (tertiary/aromatic N) is 1. The molecule has 0 radical (unpaired) electrons. The van der Waals surface area contributed by atoms with Crippen LogP contribution in [-0.4, -0.2) is 24.7 Å². The minimum absolute atomic E-state index is 0.155. The van der Waals surface area contributed by atoms with Gasteiger partial charge in [0.25, 0.3) is 16.0 Å². The van der Waals surface area contributed by atoms with E-state index < -0.39 is 16.0 Å². The molecule has 1 amide bonds. The summed E-state index contributed by atoms with van der Waals surface area (Å²) in [4.78, 5) is 23.3. The Hall–Kier alpha value is -3.48. The van der Waals surface area contributed by atoms with E-state index >= 15 is 0 Å². The molecule has 0 aromatic heterocycles. The van der Waals surface area contributed by atoms with Crippen LogP contribution in [0.5, 0.6) is 0 Å². The number of Topliss-reactive ketones (excluding diaryl/α,β-unsaturated/α-hetero) is 1. The van der Waals surface area contributed by atoms with Crippen LogP contribution >= 0.6 is 0 Å². The lowest BCUT2D eigenvalue weighted by atomic mass is 10.1. The fraction of sp³-hybridized carbons (Fsp3) is 0.0556. The number of carbonyl (C=O) groups excluding carboxylic acids is 2. The maximum atomic E-state index is 12.2. The molecule has 0 aliphatic rings. The number of benzene rings is 2. The lowest BCUT2D eigenvalue weighted by molar-refractivity contribution is -0.112. The van der Waals surface area contributed by atoms with Crippen molar-refractivity contribution in [3.8, 4) is 6.07 Å². The summed E-state index contributed by atoms with van der Waals surface area (Å²) in [6, 6.07) is 13.1. The Morgan fingerprint density at radius 2 is 1.78 bits per heavy atom. The predicted molar refractivity (Wildman–Crippen MR) is 98.7 cm³/mol. The lowest BCUT2D eigenvalue weighted by Gasteiger charge is -2.06. The number of anilines is 2. The third-order valence-electron chi connectivity index (χ3n) is 3.43. The monoisotopic (exact) mass is 385 g/mol. The van der Waals surface area contributed by atoms with Crippen molar-refractivity contribution < 1.29 is 22.6 Å². The van der Waals surface area contributed by atoms with Gasteiger partial charge >= 0.3 is 0 Å². The van der Waals surface area contributed by atoms with Crippen molar-refractivity contribution in [1.82, 2.24) is 0 Å². The van der Waals surface area contributed by atoms with E-state index in [9.17, 15) is 18.0 Å². The molecule has 0 aliphatic heterocycles. The Morgan fingerprint density at radius 3 is 2.33 bits per heavy atom. The van der Waals surface area contributed by atoms with Gasteiger partial charge in [-0.05, 0) is 43.3 Å². The highest BCUT2D eigenvalue weighted by atomic mass is 32.2. The molecule has 0 aliphatic carbocycles. The van der Waals surface area contributed by atoms with Crippen molar-refractivity contribution >= 4 is 33.2 Å². The van der Waals surface area contributed by atoms with Crippen LogP contribution in [0.3, 0.4) is 0 Å². The lowest BCUT2D eigenvalue weighted by Crippen LogP contribution is -2.14. The molecule has 3 N–H and O–H groups in total. The number of rotatable bonds is 6. The first-order valence-electron chi connectivity index (χ1n) is 7.57. The molecule has 0 saturated heterocycles. The quantitative estimate of drug-likeness (QED) is 0.301. The molecule has 0 saturated carbocycles. The summed E-state index contributed by atoms with van der Waals surface area (Å²) in [7, 11) is -4.30. The molecular weight excluding hydrogens is 370 g/mol. The molecule has 0 fully saturated rings. The number of carbonyl (C=O) groups is 2. The van der Waals surface area contributed by atoms with Crippen LogP contribution in [0.25, 0.3) is 0 Å². The fourth-order valence-corrected chi connectivity index (χ4v) is 2.52. The van der Waals surface area contributed by atoms with Crippen molar-refractivity contribution in [1.29, 1.82) is 5.26 Å². The number of nitrogens with one attached hydrogen (secondary N) is 2. The SMILES string of the molecule is CC(=O)c1cccc(NC(=O)/C(C#N)=C\Nc2ccc(S(=O)(=O)O)cc2)c1. The van der Waals surface area contributed by atoms with Gasteiger partial charge < -0.3 is 10.6 Å². The zero-order valence-corrected chi connectivity index (χ0v) is 14.9. The Labute approximate surface area is 155 Å². The van der Waals surface area contributed by atoms with Crippen molar-refractivity contribution in [3.63, 3.8) is 0 Å². The van der Waals surface area contributed by atoms with Crippen LogP contribution in [0, 0.1) is 11.3 Å². The van der Waals surface area contributed by atoms with Gasteiger partial charge in [-0.25, -0.2) is 0 Å². The first kappa shape index (κ1) is 19.8. The van der Waals surface area contributed by atoms with E-state index in [0.29, 0.717) is 16.9 Å². The van der Waals surface area contributed by atoms with Gasteiger partial charge in [-0.1, -0.05) is 12.1 Å². The Bertz CT molecular complexity index is 1050. The minimum atomic E-state index is -4.30. The third kappa shape index (κ3) is 5.50. The summed E-state index contributed by atoms with van der Waals surface area (Å²) in [6.07, 6.45) is 1.16. The Balaban J connectivity index is 2.11. The van der Waals surface area contributed by atoms with Gasteiger partial charge in [-0.3, -0.25) is 14.1 Å². The van der Waals surface area contributed by atoms with Gasteiger partial charge in [0, 0.05) is 23.1 Å². The first-order chi connectivity index (χ1) is 12.7. The summed E-state index contributed by atoms with van der Waals surface area (Å²) >= 11 is 0. The molecule has 0 heterocycles. The summed E-state index contributed by atoms with van der Waals surface area (Å²) < 4.78 is 30.9.